The summed E-state index contributed by atoms with van der Waals surface area (Å²) in [5.41, 5.74) is 1.88. The first-order chi connectivity index (χ1) is 14.5. The second-order valence-corrected chi connectivity index (χ2v) is 9.14. The van der Waals surface area contributed by atoms with Crippen LogP contribution in [0.25, 0.3) is 11.1 Å². The van der Waals surface area contributed by atoms with Crippen LogP contribution in [0.1, 0.15) is 5.56 Å². The average molecular weight is 422 g/mol. The molecule has 0 fully saturated rings. The third kappa shape index (κ3) is 3.35. The van der Waals surface area contributed by atoms with Crippen LogP contribution < -0.4 is 4.74 Å². The highest BCUT2D eigenvalue weighted by atomic mass is 32.2. The molecule has 0 bridgehead atoms. The van der Waals surface area contributed by atoms with Gasteiger partial charge in [-0.1, -0.05) is 36.4 Å². The summed E-state index contributed by atoms with van der Waals surface area (Å²) in [6, 6.07) is 29.5. The Bertz CT molecular complexity index is 1150. The van der Waals surface area contributed by atoms with Crippen molar-refractivity contribution in [3.8, 4) is 22.6 Å². The van der Waals surface area contributed by atoms with Crippen molar-refractivity contribution in [2.24, 2.45) is 0 Å². The maximum absolute atomic E-state index is 12.7. The van der Waals surface area contributed by atoms with E-state index in [0.717, 1.165) is 12.1 Å². The Morgan fingerprint density at radius 2 is 1.03 bits per heavy atom. The van der Waals surface area contributed by atoms with Crippen LogP contribution in [-0.4, -0.2) is 0 Å². The molecule has 150 valence electrons. The predicted molar refractivity (Wildman–Crippen MR) is 114 cm³/mol. The molecule has 0 N–H and O–H groups in total. The lowest BCUT2D eigenvalue weighted by Gasteiger charge is -2.19. The Hall–Kier alpha value is -3.18. The monoisotopic (exact) mass is 422 g/mol. The molecule has 1 nitrogen and oxygen atoms in total. The van der Waals surface area contributed by atoms with Gasteiger partial charge >= 0.3 is 6.18 Å². The summed E-state index contributed by atoms with van der Waals surface area (Å²) in [5.74, 6) is 0.965. The van der Waals surface area contributed by atoms with Crippen LogP contribution in [0.2, 0.25) is 0 Å². The smallest absolute Gasteiger partial charge is 0.416 e. The van der Waals surface area contributed by atoms with Crippen LogP contribution in [0, 0.1) is 0 Å². The Balaban J connectivity index is 1.42. The van der Waals surface area contributed by atoms with Crippen LogP contribution in [-0.2, 0) is 6.18 Å². The number of thiol groups is 1. The molecular weight excluding hydrogens is 405 g/mol. The lowest BCUT2D eigenvalue weighted by atomic mass is 10.1. The van der Waals surface area contributed by atoms with Gasteiger partial charge in [0.05, 0.1) is 5.56 Å². The summed E-state index contributed by atoms with van der Waals surface area (Å²) in [4.78, 5) is 3.89. The molecule has 4 aromatic rings. The maximum atomic E-state index is 12.7. The normalized spacial score (nSPS) is 13.6. The molecule has 0 aromatic heterocycles. The van der Waals surface area contributed by atoms with Gasteiger partial charge in [0.15, 0.2) is 0 Å². The van der Waals surface area contributed by atoms with Gasteiger partial charge < -0.3 is 4.74 Å². The fourth-order valence-corrected chi connectivity index (χ4v) is 6.32. The summed E-state index contributed by atoms with van der Waals surface area (Å²) in [7, 11) is -0.642. The fourth-order valence-electron chi connectivity index (χ4n) is 3.71. The second-order valence-electron chi connectivity index (χ2n) is 6.99. The van der Waals surface area contributed by atoms with Crippen molar-refractivity contribution in [2.75, 3.05) is 0 Å². The van der Waals surface area contributed by atoms with Crippen molar-refractivity contribution in [1.29, 1.82) is 0 Å². The number of benzene rings is 4. The highest BCUT2D eigenvalue weighted by molar-refractivity contribution is 8.17. The molecule has 0 atom stereocenters. The zero-order valence-electron chi connectivity index (χ0n) is 15.7. The number of fused-ring (bicyclic) bond motifs is 3. The number of rotatable bonds is 3. The molecule has 5 rings (SSSR count). The molecule has 0 saturated heterocycles. The van der Waals surface area contributed by atoms with E-state index in [1.165, 1.54) is 37.9 Å². The second kappa shape index (κ2) is 7.26. The van der Waals surface area contributed by atoms with Gasteiger partial charge in [0.25, 0.3) is 0 Å². The first-order valence-electron chi connectivity index (χ1n) is 9.44. The van der Waals surface area contributed by atoms with E-state index in [4.69, 9.17) is 4.74 Å². The molecule has 1 aliphatic heterocycles. The quantitative estimate of drug-likeness (QED) is 0.290. The molecule has 5 heteroatoms. The highest BCUT2D eigenvalue weighted by Crippen LogP contribution is 2.62. The average Bonchev–Trinajstić information content (AvgIpc) is 3.09. The fraction of sp³-hybridized carbons (Fsp3) is 0.0400. The summed E-state index contributed by atoms with van der Waals surface area (Å²) in [6.07, 6.45) is -4.35. The Kier molecular flexibility index (Phi) is 4.55. The van der Waals surface area contributed by atoms with E-state index < -0.39 is 22.6 Å². The van der Waals surface area contributed by atoms with Crippen molar-refractivity contribution in [3.63, 3.8) is 0 Å². The minimum Gasteiger partial charge on any atom is -0.457 e. The molecular formula is C25H17F3OS. The molecule has 0 amide bonds. The standard InChI is InChI=1S/C25H17F3OS/c26-25(27,28)17-9-11-18(12-10-17)29-19-13-15-20(16-14-19)30-23-7-3-1-5-21(23)22-6-2-4-8-24(22)30/h1-16,30H. The third-order valence-electron chi connectivity index (χ3n) is 5.09. The highest BCUT2D eigenvalue weighted by Gasteiger charge is 2.30. The lowest BCUT2D eigenvalue weighted by molar-refractivity contribution is -0.137. The molecule has 1 aliphatic rings. The number of hydrogen-bond acceptors (Lipinski definition) is 1. The van der Waals surface area contributed by atoms with Crippen molar-refractivity contribution in [3.05, 3.63) is 103 Å². The molecule has 0 unspecified atom stereocenters. The van der Waals surface area contributed by atoms with E-state index in [1.807, 2.05) is 24.3 Å². The van der Waals surface area contributed by atoms with Crippen LogP contribution in [0.3, 0.4) is 0 Å². The van der Waals surface area contributed by atoms with Crippen molar-refractivity contribution in [1.82, 2.24) is 0 Å². The Morgan fingerprint density at radius 3 is 1.53 bits per heavy atom. The summed E-state index contributed by atoms with van der Waals surface area (Å²) >= 11 is 0. The predicted octanol–water partition coefficient (Wildman–Crippen LogP) is 7.96. The van der Waals surface area contributed by atoms with Gasteiger partial charge in [0, 0.05) is 9.79 Å². The summed E-state index contributed by atoms with van der Waals surface area (Å²) in [5, 5.41) is 0. The molecule has 0 saturated carbocycles. The first-order valence-corrected chi connectivity index (χ1v) is 10.8. The number of alkyl halides is 3. The van der Waals surface area contributed by atoms with Gasteiger partial charge in [0.2, 0.25) is 0 Å². The van der Waals surface area contributed by atoms with Crippen LogP contribution in [0.5, 0.6) is 11.5 Å². The Labute approximate surface area is 175 Å². The number of ether oxygens (including phenoxy) is 1. The molecule has 1 heterocycles. The summed E-state index contributed by atoms with van der Waals surface area (Å²) < 4.78 is 43.9. The van der Waals surface area contributed by atoms with Crippen LogP contribution >= 0.6 is 10.9 Å². The van der Waals surface area contributed by atoms with E-state index in [-0.39, 0.29) is 0 Å². The van der Waals surface area contributed by atoms with Crippen molar-refractivity contribution < 1.29 is 17.9 Å². The SMILES string of the molecule is FC(F)(F)c1ccc(Oc2ccc([SH]3c4ccccc4-c4ccccc43)cc2)cc1. The Morgan fingerprint density at radius 1 is 0.567 bits per heavy atom. The van der Waals surface area contributed by atoms with Gasteiger partial charge in [-0.05, 0) is 76.7 Å². The zero-order valence-corrected chi connectivity index (χ0v) is 16.6. The topological polar surface area (TPSA) is 9.23 Å². The molecule has 0 radical (unpaired) electrons. The van der Waals surface area contributed by atoms with E-state index >= 15 is 0 Å². The van der Waals surface area contributed by atoms with E-state index in [1.54, 1.807) is 0 Å². The van der Waals surface area contributed by atoms with Gasteiger partial charge in [-0.3, -0.25) is 0 Å². The molecule has 30 heavy (non-hydrogen) atoms. The largest absolute Gasteiger partial charge is 0.457 e. The molecule has 4 aromatic carbocycles. The van der Waals surface area contributed by atoms with Gasteiger partial charge in [0.1, 0.15) is 11.5 Å². The first kappa shape index (κ1) is 18.8. The molecule has 0 spiro atoms. The molecule has 0 aliphatic carbocycles. The van der Waals surface area contributed by atoms with E-state index in [2.05, 4.69) is 48.5 Å². The number of halogens is 3. The van der Waals surface area contributed by atoms with Crippen LogP contribution in [0.4, 0.5) is 13.2 Å². The lowest BCUT2D eigenvalue weighted by Crippen LogP contribution is -2.03. The van der Waals surface area contributed by atoms with Crippen molar-refractivity contribution in [2.45, 2.75) is 20.9 Å². The van der Waals surface area contributed by atoms with Gasteiger partial charge in [-0.15, -0.1) is 0 Å². The van der Waals surface area contributed by atoms with E-state index in [0.29, 0.717) is 11.5 Å². The van der Waals surface area contributed by atoms with Crippen molar-refractivity contribution >= 4 is 10.9 Å². The minimum atomic E-state index is -4.35. The minimum absolute atomic E-state index is 0.373. The van der Waals surface area contributed by atoms with E-state index in [9.17, 15) is 13.2 Å². The maximum Gasteiger partial charge on any atom is 0.416 e. The van der Waals surface area contributed by atoms with Crippen LogP contribution in [0.15, 0.2) is 112 Å². The van der Waals surface area contributed by atoms with Gasteiger partial charge in [-0.25, -0.2) is 0 Å². The zero-order chi connectivity index (χ0) is 20.7. The summed E-state index contributed by atoms with van der Waals surface area (Å²) in [6.45, 7) is 0. The van der Waals surface area contributed by atoms with Gasteiger partial charge in [-0.2, -0.15) is 24.1 Å². The third-order valence-corrected chi connectivity index (χ3v) is 7.65. The number of hydrogen-bond donors (Lipinski definition) is 1.